The Morgan fingerprint density at radius 1 is 0.585 bits per heavy atom. The van der Waals surface area contributed by atoms with Crippen LogP contribution in [0, 0.1) is 23.2 Å². The molecule has 1 aliphatic carbocycles. The van der Waals surface area contributed by atoms with Crippen LogP contribution < -0.4 is 0 Å². The maximum absolute atomic E-state index is 10.2. The lowest BCUT2D eigenvalue weighted by Crippen LogP contribution is -2.14. The van der Waals surface area contributed by atoms with Crippen LogP contribution in [-0.4, -0.2) is 24.9 Å². The number of rotatable bonds is 5. The van der Waals surface area contributed by atoms with Crippen molar-refractivity contribution in [1.29, 1.82) is 5.26 Å². The Morgan fingerprint density at radius 2 is 1.28 bits per heavy atom. The summed E-state index contributed by atoms with van der Waals surface area (Å²) in [6.07, 6.45) is 6.09. The van der Waals surface area contributed by atoms with Gasteiger partial charge in [-0.05, 0) is 24.1 Å². The van der Waals surface area contributed by atoms with Gasteiger partial charge in [0.1, 0.15) is 0 Å². The Bertz CT molecular complexity index is 2930. The number of aromatic nitrogens is 5. The molecule has 10 rings (SSSR count). The smallest absolute Gasteiger partial charge is 0.164 e. The lowest BCUT2D eigenvalue weighted by atomic mass is 9.84. The van der Waals surface area contributed by atoms with E-state index in [9.17, 15) is 5.26 Å². The third-order valence-electron chi connectivity index (χ3n) is 9.88. The number of nitriles is 1. The number of benzene rings is 5. The first-order valence-electron chi connectivity index (χ1n) is 17.4. The van der Waals surface area contributed by atoms with Gasteiger partial charge in [0.2, 0.25) is 0 Å². The summed E-state index contributed by atoms with van der Waals surface area (Å²) in [5.74, 6) is 2.27. The Kier molecular flexibility index (Phi) is 7.50. The summed E-state index contributed by atoms with van der Waals surface area (Å²) in [7, 11) is 0. The van der Waals surface area contributed by atoms with Crippen LogP contribution in [-0.2, 0) is 0 Å². The highest BCUT2D eigenvalue weighted by molar-refractivity contribution is 7.26. The van der Waals surface area contributed by atoms with Gasteiger partial charge in [-0.25, -0.2) is 24.9 Å². The molecule has 2 atom stereocenters. The number of hydrogen-bond donors (Lipinski definition) is 0. The molecule has 0 saturated heterocycles. The predicted octanol–water partition coefficient (Wildman–Crippen LogP) is 11.8. The maximum atomic E-state index is 10.2. The number of thiophene rings is 2. The molecule has 53 heavy (non-hydrogen) atoms. The summed E-state index contributed by atoms with van der Waals surface area (Å²) in [5, 5.41) is 13.5. The van der Waals surface area contributed by atoms with E-state index in [1.807, 2.05) is 72.8 Å². The van der Waals surface area contributed by atoms with Gasteiger partial charge in [-0.2, -0.15) is 5.26 Å². The molecule has 1 aliphatic rings. The Morgan fingerprint density at radius 3 is 2.04 bits per heavy atom. The fraction of sp³-hybridized carbons (Fsp3) is 0.0667. The minimum atomic E-state index is -0.320. The SMILES string of the molecule is CC1C=CC=C(c2nc(-c3ccc4c(c3)sc3cccc(-c5nc(-c6ccccc6)nc(-c6ccccc6)n5)c34)c3sc4ccccc4c3n2)C1C#N. The molecule has 0 bridgehead atoms. The van der Waals surface area contributed by atoms with Crippen molar-refractivity contribution in [2.45, 2.75) is 6.92 Å². The summed E-state index contributed by atoms with van der Waals surface area (Å²) in [6, 6.07) is 44.0. The Labute approximate surface area is 313 Å². The fourth-order valence-corrected chi connectivity index (χ4v) is 9.56. The number of fused-ring (bicyclic) bond motifs is 6. The Hall–Kier alpha value is -6.40. The van der Waals surface area contributed by atoms with Gasteiger partial charge in [0.25, 0.3) is 0 Å². The van der Waals surface area contributed by atoms with E-state index in [1.165, 1.54) is 0 Å². The van der Waals surface area contributed by atoms with Crippen molar-refractivity contribution in [3.05, 3.63) is 145 Å². The van der Waals surface area contributed by atoms with Crippen LogP contribution in [0.5, 0.6) is 0 Å². The molecule has 0 radical (unpaired) electrons. The van der Waals surface area contributed by atoms with Crippen molar-refractivity contribution < 1.29 is 0 Å². The predicted molar refractivity (Wildman–Crippen MR) is 218 cm³/mol. The molecule has 9 aromatic rings. The average molecular weight is 717 g/mol. The molecule has 4 aromatic heterocycles. The standard InChI is InChI=1S/C45H28N6S2/c1-26-12-10-18-30(34(26)25-46)44-47-39(41-40(48-44)32-17-8-9-20-35(32)53-41)29-22-23-31-37(24-29)52-36-21-11-19-33(38(31)36)45-50-42(27-13-4-2-5-14-27)49-43(51-45)28-15-6-3-7-16-28/h2-24,26,34H,1H3. The van der Waals surface area contributed by atoms with Gasteiger partial charge >= 0.3 is 0 Å². The van der Waals surface area contributed by atoms with Gasteiger partial charge in [-0.3, -0.25) is 0 Å². The minimum Gasteiger partial charge on any atom is -0.227 e. The van der Waals surface area contributed by atoms with Crippen molar-refractivity contribution in [3.63, 3.8) is 0 Å². The molecule has 2 unspecified atom stereocenters. The van der Waals surface area contributed by atoms with Crippen LogP contribution in [0.1, 0.15) is 12.7 Å². The van der Waals surface area contributed by atoms with Crippen molar-refractivity contribution >= 4 is 68.7 Å². The number of allylic oxidation sites excluding steroid dienone is 4. The summed E-state index contributed by atoms with van der Waals surface area (Å²) < 4.78 is 4.49. The molecule has 0 aliphatic heterocycles. The summed E-state index contributed by atoms with van der Waals surface area (Å²) >= 11 is 3.46. The molecule has 0 saturated carbocycles. The van der Waals surface area contributed by atoms with Gasteiger partial charge < -0.3 is 0 Å². The second-order valence-corrected chi connectivity index (χ2v) is 15.3. The monoisotopic (exact) mass is 716 g/mol. The van der Waals surface area contributed by atoms with Crippen molar-refractivity contribution in [2.24, 2.45) is 11.8 Å². The molecule has 0 spiro atoms. The van der Waals surface area contributed by atoms with Gasteiger partial charge in [0.15, 0.2) is 23.3 Å². The van der Waals surface area contributed by atoms with E-state index in [-0.39, 0.29) is 11.8 Å². The van der Waals surface area contributed by atoms with Gasteiger partial charge in [-0.15, -0.1) is 22.7 Å². The first kappa shape index (κ1) is 31.3. The van der Waals surface area contributed by atoms with Gasteiger partial charge in [0, 0.05) is 58.1 Å². The topological polar surface area (TPSA) is 88.2 Å². The zero-order chi connectivity index (χ0) is 35.5. The van der Waals surface area contributed by atoms with E-state index in [0.717, 1.165) is 74.0 Å². The average Bonchev–Trinajstić information content (AvgIpc) is 3.79. The quantitative estimate of drug-likeness (QED) is 0.176. The maximum Gasteiger partial charge on any atom is 0.164 e. The molecular weight excluding hydrogens is 689 g/mol. The second kappa shape index (κ2) is 12.7. The van der Waals surface area contributed by atoms with Gasteiger partial charge in [0.05, 0.1) is 27.9 Å². The summed E-state index contributed by atoms with van der Waals surface area (Å²) in [6.45, 7) is 2.07. The lowest BCUT2D eigenvalue weighted by molar-refractivity contribution is 0.628. The molecule has 5 aromatic carbocycles. The van der Waals surface area contributed by atoms with Crippen molar-refractivity contribution in [3.8, 4) is 51.5 Å². The molecule has 8 heteroatoms. The van der Waals surface area contributed by atoms with Crippen molar-refractivity contribution in [2.75, 3.05) is 0 Å². The van der Waals surface area contributed by atoms with Crippen molar-refractivity contribution in [1.82, 2.24) is 24.9 Å². The summed E-state index contributed by atoms with van der Waals surface area (Å²) in [4.78, 5) is 25.4. The second-order valence-electron chi connectivity index (χ2n) is 13.2. The largest absolute Gasteiger partial charge is 0.227 e. The normalized spacial score (nSPS) is 15.7. The number of hydrogen-bond acceptors (Lipinski definition) is 8. The van der Waals surface area contributed by atoms with Crippen LogP contribution in [0.15, 0.2) is 140 Å². The summed E-state index contributed by atoms with van der Waals surface area (Å²) in [5.41, 5.74) is 6.50. The van der Waals surface area contributed by atoms with Crippen LogP contribution in [0.3, 0.4) is 0 Å². The zero-order valence-corrected chi connectivity index (χ0v) is 30.1. The first-order chi connectivity index (χ1) is 26.1. The third kappa shape index (κ3) is 5.32. The van der Waals surface area contributed by atoms with Gasteiger partial charge in [-0.1, -0.05) is 128 Å². The van der Waals surface area contributed by atoms with E-state index in [0.29, 0.717) is 23.3 Å². The molecule has 6 nitrogen and oxygen atoms in total. The lowest BCUT2D eigenvalue weighted by Gasteiger charge is -2.20. The van der Waals surface area contributed by atoms with Crippen LogP contribution in [0.25, 0.3) is 91.5 Å². The fourth-order valence-electron chi connectivity index (χ4n) is 7.24. The highest BCUT2D eigenvalue weighted by atomic mass is 32.1. The van der Waals surface area contributed by atoms with E-state index in [4.69, 9.17) is 24.9 Å². The highest BCUT2D eigenvalue weighted by Crippen LogP contribution is 2.44. The third-order valence-corrected chi connectivity index (χ3v) is 12.2. The molecule has 4 heterocycles. The first-order valence-corrected chi connectivity index (χ1v) is 19.1. The van der Waals surface area contributed by atoms with Crippen LogP contribution >= 0.6 is 22.7 Å². The molecular formula is C45H28N6S2. The zero-order valence-electron chi connectivity index (χ0n) is 28.4. The minimum absolute atomic E-state index is 0.0722. The number of nitrogens with zero attached hydrogens (tertiary/aromatic N) is 6. The van der Waals surface area contributed by atoms with E-state index >= 15 is 0 Å². The van der Waals surface area contributed by atoms with Crippen LogP contribution in [0.2, 0.25) is 0 Å². The van der Waals surface area contributed by atoms with E-state index < -0.39 is 0 Å². The molecule has 0 fully saturated rings. The molecule has 0 N–H and O–H groups in total. The molecule has 0 amide bonds. The van der Waals surface area contributed by atoms with Crippen LogP contribution in [0.4, 0.5) is 0 Å². The van der Waals surface area contributed by atoms with E-state index in [2.05, 4.69) is 79.7 Å². The Balaban J connectivity index is 1.17. The highest BCUT2D eigenvalue weighted by Gasteiger charge is 2.27. The molecule has 250 valence electrons. The van der Waals surface area contributed by atoms with E-state index in [1.54, 1.807) is 22.7 Å².